The number of carbonyl (C=O) groups is 2. The molecule has 10 heteroatoms. The van der Waals surface area contributed by atoms with Gasteiger partial charge in [-0.15, -0.1) is 0 Å². The van der Waals surface area contributed by atoms with Gasteiger partial charge >= 0.3 is 0 Å². The highest BCUT2D eigenvalue weighted by atomic mass is 16.5. The van der Waals surface area contributed by atoms with Gasteiger partial charge in [0.2, 0.25) is 11.8 Å². The molecule has 5 rings (SSSR count). The molecule has 0 aromatic heterocycles. The van der Waals surface area contributed by atoms with Crippen molar-refractivity contribution in [2.75, 3.05) is 14.2 Å². The Labute approximate surface area is 254 Å². The van der Waals surface area contributed by atoms with Crippen molar-refractivity contribution < 1.29 is 29.3 Å². The van der Waals surface area contributed by atoms with E-state index in [0.29, 0.717) is 11.1 Å². The number of nitrogens with one attached hydrogen (secondary N) is 2. The highest BCUT2D eigenvalue weighted by molar-refractivity contribution is 5.91. The molecule has 4 aromatic rings. The summed E-state index contributed by atoms with van der Waals surface area (Å²) in [6.07, 6.45) is 2.93. The van der Waals surface area contributed by atoms with Gasteiger partial charge in [-0.05, 0) is 58.7 Å². The third kappa shape index (κ3) is 6.39. The monoisotopic (exact) mass is 592 g/mol. The van der Waals surface area contributed by atoms with Crippen molar-refractivity contribution >= 4 is 24.2 Å². The molecule has 1 aliphatic rings. The Morgan fingerprint density at radius 1 is 0.636 bits per heavy atom. The molecule has 0 spiro atoms. The zero-order chi connectivity index (χ0) is 31.1. The minimum Gasteiger partial charge on any atom is -0.504 e. The molecule has 1 saturated carbocycles. The molecule has 224 valence electrons. The quantitative estimate of drug-likeness (QED) is 0.158. The van der Waals surface area contributed by atoms with Crippen molar-refractivity contribution in [1.29, 1.82) is 0 Å². The predicted molar refractivity (Wildman–Crippen MR) is 166 cm³/mol. The summed E-state index contributed by atoms with van der Waals surface area (Å²) in [6.45, 7) is 0. The minimum atomic E-state index is -0.604. The van der Waals surface area contributed by atoms with Crippen LogP contribution in [0.1, 0.15) is 34.1 Å². The third-order valence-electron chi connectivity index (χ3n) is 7.71. The van der Waals surface area contributed by atoms with E-state index in [1.54, 1.807) is 24.3 Å². The number of nitrogens with zero attached hydrogens (tertiary/aromatic N) is 2. The van der Waals surface area contributed by atoms with E-state index >= 15 is 0 Å². The Hall–Kier alpha value is -5.64. The maximum absolute atomic E-state index is 13.7. The predicted octanol–water partition coefficient (Wildman–Crippen LogP) is 4.53. The summed E-state index contributed by atoms with van der Waals surface area (Å²) >= 11 is 0. The van der Waals surface area contributed by atoms with E-state index in [2.05, 4.69) is 21.1 Å². The summed E-state index contributed by atoms with van der Waals surface area (Å²) in [7, 11) is 2.90. The van der Waals surface area contributed by atoms with Crippen LogP contribution in [0.2, 0.25) is 0 Å². The highest BCUT2D eigenvalue weighted by Crippen LogP contribution is 2.57. The molecular formula is C34H32N4O6. The van der Waals surface area contributed by atoms with Crippen LogP contribution in [0.15, 0.2) is 107 Å². The molecule has 4 aromatic carbocycles. The number of phenolic OH excluding ortho intramolecular Hbond substituents is 2. The maximum atomic E-state index is 13.7. The second-order valence-electron chi connectivity index (χ2n) is 10.3. The molecule has 2 amide bonds. The van der Waals surface area contributed by atoms with Gasteiger partial charge in [-0.3, -0.25) is 9.59 Å². The lowest BCUT2D eigenvalue weighted by atomic mass is 9.52. The Balaban J connectivity index is 1.41. The van der Waals surface area contributed by atoms with Crippen LogP contribution < -0.4 is 20.3 Å². The van der Waals surface area contributed by atoms with E-state index in [9.17, 15) is 19.8 Å². The fourth-order valence-corrected chi connectivity index (χ4v) is 5.62. The first-order valence-corrected chi connectivity index (χ1v) is 13.9. The lowest BCUT2D eigenvalue weighted by Gasteiger charge is -2.50. The van der Waals surface area contributed by atoms with Gasteiger partial charge in [-0.1, -0.05) is 60.7 Å². The highest BCUT2D eigenvalue weighted by Gasteiger charge is 2.58. The lowest BCUT2D eigenvalue weighted by molar-refractivity contribution is -0.140. The molecule has 1 aliphatic carbocycles. The summed E-state index contributed by atoms with van der Waals surface area (Å²) in [5.74, 6) is -2.21. The van der Waals surface area contributed by atoms with Gasteiger partial charge in [0, 0.05) is 11.8 Å². The number of amides is 2. The molecule has 0 heterocycles. The van der Waals surface area contributed by atoms with Crippen LogP contribution in [0.5, 0.6) is 23.0 Å². The summed E-state index contributed by atoms with van der Waals surface area (Å²) in [6, 6.07) is 28.4. The van der Waals surface area contributed by atoms with Crippen molar-refractivity contribution in [2.24, 2.45) is 22.0 Å². The fourth-order valence-electron chi connectivity index (χ4n) is 5.62. The third-order valence-corrected chi connectivity index (χ3v) is 7.71. The van der Waals surface area contributed by atoms with Crippen molar-refractivity contribution in [3.05, 3.63) is 119 Å². The topological polar surface area (TPSA) is 142 Å². The molecular weight excluding hydrogens is 560 g/mol. The van der Waals surface area contributed by atoms with Crippen LogP contribution in [0, 0.1) is 11.8 Å². The number of phenols is 2. The average molecular weight is 593 g/mol. The summed E-state index contributed by atoms with van der Waals surface area (Å²) < 4.78 is 10.3. The number of ether oxygens (including phenoxy) is 2. The van der Waals surface area contributed by atoms with Gasteiger partial charge < -0.3 is 19.7 Å². The van der Waals surface area contributed by atoms with E-state index in [-0.39, 0.29) is 34.8 Å². The number of hydrazone groups is 2. The molecule has 0 bridgehead atoms. The number of methoxy groups -OCH3 is 2. The van der Waals surface area contributed by atoms with E-state index in [1.807, 2.05) is 60.7 Å². The van der Waals surface area contributed by atoms with E-state index in [4.69, 9.17) is 9.47 Å². The first-order chi connectivity index (χ1) is 21.4. The van der Waals surface area contributed by atoms with Crippen molar-refractivity contribution in [3.8, 4) is 23.0 Å². The Morgan fingerprint density at radius 3 is 1.39 bits per heavy atom. The summed E-state index contributed by atoms with van der Waals surface area (Å²) in [5.41, 5.74) is 8.25. The number of aromatic hydroxyl groups is 2. The average Bonchev–Trinajstić information content (AvgIpc) is 3.03. The largest absolute Gasteiger partial charge is 0.504 e. The van der Waals surface area contributed by atoms with Crippen LogP contribution >= 0.6 is 0 Å². The molecule has 0 aliphatic heterocycles. The van der Waals surface area contributed by atoms with E-state index in [0.717, 1.165) is 11.1 Å². The molecule has 10 nitrogen and oxygen atoms in total. The first-order valence-electron chi connectivity index (χ1n) is 13.9. The van der Waals surface area contributed by atoms with Crippen LogP contribution in [0.25, 0.3) is 0 Å². The van der Waals surface area contributed by atoms with E-state index < -0.39 is 23.7 Å². The zero-order valence-corrected chi connectivity index (χ0v) is 24.1. The standard InChI is InChI=1S/C34H32N4O6/c1-43-27-17-21(13-15-25(27)39)19-35-37-33(41)31-29(23-9-5-3-6-10-23)32(30(31)24-11-7-4-8-12-24)34(42)38-36-20-22-14-16-26(40)28(18-22)44-2/h3-20,29-32,39-40H,1-2H3,(H,37,41)(H,38,42)/b35-19-,36-20-. The van der Waals surface area contributed by atoms with Gasteiger partial charge in [-0.2, -0.15) is 10.2 Å². The Kier molecular flexibility index (Phi) is 9.19. The second kappa shape index (κ2) is 13.6. The first kappa shape index (κ1) is 29.8. The molecule has 1 fully saturated rings. The van der Waals surface area contributed by atoms with Crippen molar-refractivity contribution in [1.82, 2.24) is 10.9 Å². The molecule has 0 radical (unpaired) electrons. The Bertz CT molecular complexity index is 1540. The molecule has 4 N–H and O–H groups in total. The molecule has 0 unspecified atom stereocenters. The summed E-state index contributed by atoms with van der Waals surface area (Å²) in [5, 5.41) is 28.0. The molecule has 44 heavy (non-hydrogen) atoms. The van der Waals surface area contributed by atoms with Crippen LogP contribution in [0.3, 0.4) is 0 Å². The Morgan fingerprint density at radius 2 is 1.02 bits per heavy atom. The van der Waals surface area contributed by atoms with Gasteiger partial charge in [0.25, 0.3) is 0 Å². The van der Waals surface area contributed by atoms with Gasteiger partial charge in [-0.25, -0.2) is 10.9 Å². The van der Waals surface area contributed by atoms with Crippen LogP contribution in [-0.4, -0.2) is 48.7 Å². The molecule has 0 atom stereocenters. The number of carbonyl (C=O) groups excluding carboxylic acids is 2. The fraction of sp³-hybridized carbons (Fsp3) is 0.176. The zero-order valence-electron chi connectivity index (χ0n) is 24.1. The second-order valence-corrected chi connectivity index (χ2v) is 10.3. The van der Waals surface area contributed by atoms with Gasteiger partial charge in [0.15, 0.2) is 23.0 Å². The SMILES string of the molecule is COc1cc(/C=N\NC(=O)C2C(c3ccccc3)C(C(=O)N/N=C\c3ccc(O)c(OC)c3)C2c2ccccc2)ccc1O. The summed E-state index contributed by atoms with van der Waals surface area (Å²) in [4.78, 5) is 27.5. The number of rotatable bonds is 10. The van der Waals surface area contributed by atoms with Gasteiger partial charge in [0.05, 0.1) is 38.5 Å². The van der Waals surface area contributed by atoms with Crippen LogP contribution in [-0.2, 0) is 9.59 Å². The van der Waals surface area contributed by atoms with Crippen LogP contribution in [0.4, 0.5) is 0 Å². The lowest BCUT2D eigenvalue weighted by Crippen LogP contribution is -2.55. The van der Waals surface area contributed by atoms with Crippen molar-refractivity contribution in [2.45, 2.75) is 11.8 Å². The smallest absolute Gasteiger partial charge is 0.244 e. The van der Waals surface area contributed by atoms with E-state index in [1.165, 1.54) is 38.8 Å². The van der Waals surface area contributed by atoms with Gasteiger partial charge in [0.1, 0.15) is 0 Å². The van der Waals surface area contributed by atoms with Crippen molar-refractivity contribution in [3.63, 3.8) is 0 Å². The minimum absolute atomic E-state index is 0.00370. The molecule has 0 saturated heterocycles. The maximum Gasteiger partial charge on any atom is 0.244 e. The number of benzene rings is 4. The normalized spacial score (nSPS) is 19.3. The number of hydrogen-bond donors (Lipinski definition) is 4. The number of hydrogen-bond acceptors (Lipinski definition) is 8.